The molecule has 0 saturated carbocycles. The van der Waals surface area contributed by atoms with E-state index in [4.69, 9.17) is 0 Å². The van der Waals surface area contributed by atoms with Crippen LogP contribution in [0.4, 0.5) is 0 Å². The van der Waals surface area contributed by atoms with Gasteiger partial charge in [0.1, 0.15) is 5.56 Å². The van der Waals surface area contributed by atoms with Crippen molar-refractivity contribution in [3.05, 3.63) is 82.1 Å². The second kappa shape index (κ2) is 8.92. The van der Waals surface area contributed by atoms with E-state index in [9.17, 15) is 14.4 Å². The van der Waals surface area contributed by atoms with Gasteiger partial charge in [0, 0.05) is 42.8 Å². The fraction of sp³-hybridized carbons (Fsp3) is 0.261. The lowest BCUT2D eigenvalue weighted by Crippen LogP contribution is -2.43. The van der Waals surface area contributed by atoms with Gasteiger partial charge >= 0.3 is 0 Å². The van der Waals surface area contributed by atoms with Crippen molar-refractivity contribution in [3.63, 3.8) is 0 Å². The first-order valence-electron chi connectivity index (χ1n) is 10.0. The number of aromatic amines is 1. The number of carbonyl (C=O) groups excluding carboxylic acids is 2. The molecule has 4 rings (SSSR count). The smallest absolute Gasteiger partial charge is 0.257 e. The number of rotatable bonds is 6. The van der Waals surface area contributed by atoms with Crippen molar-refractivity contribution in [1.29, 1.82) is 0 Å². The van der Waals surface area contributed by atoms with E-state index in [1.807, 2.05) is 24.3 Å². The standard InChI is InChI=1S/C23H24N4O3/c28-21(26-17-10-11-27(15-17)14-16-6-2-1-3-7-16)13-25-23(30)19-12-24-20-9-5-4-8-18(20)22(19)29/h1-9,12,17H,10-11,13-15H2,(H,24,29)(H,25,30)(H,26,28)/t17-/m1/s1. The number of carbonyl (C=O) groups is 2. The van der Waals surface area contributed by atoms with Gasteiger partial charge in [0.15, 0.2) is 0 Å². The first-order valence-corrected chi connectivity index (χ1v) is 10.0. The summed E-state index contributed by atoms with van der Waals surface area (Å²) in [5.74, 6) is -0.818. The minimum Gasteiger partial charge on any atom is -0.360 e. The lowest BCUT2D eigenvalue weighted by Gasteiger charge is -2.17. The van der Waals surface area contributed by atoms with Crippen LogP contribution in [-0.2, 0) is 11.3 Å². The Morgan fingerprint density at radius 2 is 1.83 bits per heavy atom. The molecular weight excluding hydrogens is 380 g/mol. The summed E-state index contributed by atoms with van der Waals surface area (Å²) in [6, 6.07) is 17.3. The van der Waals surface area contributed by atoms with Gasteiger partial charge < -0.3 is 15.6 Å². The summed E-state index contributed by atoms with van der Waals surface area (Å²) in [4.78, 5) is 42.4. The third kappa shape index (κ3) is 4.58. The second-order valence-corrected chi connectivity index (χ2v) is 7.53. The zero-order valence-electron chi connectivity index (χ0n) is 16.6. The Balaban J connectivity index is 1.27. The zero-order chi connectivity index (χ0) is 20.9. The number of pyridine rings is 1. The molecule has 0 spiro atoms. The molecule has 0 unspecified atom stereocenters. The Kier molecular flexibility index (Phi) is 5.90. The van der Waals surface area contributed by atoms with Crippen LogP contribution in [0.25, 0.3) is 10.9 Å². The number of aromatic nitrogens is 1. The molecule has 154 valence electrons. The number of likely N-dealkylation sites (tertiary alicyclic amines) is 1. The fourth-order valence-corrected chi connectivity index (χ4v) is 3.81. The Morgan fingerprint density at radius 3 is 2.67 bits per heavy atom. The van der Waals surface area contributed by atoms with E-state index in [0.29, 0.717) is 10.9 Å². The van der Waals surface area contributed by atoms with Gasteiger partial charge in [0.05, 0.1) is 6.54 Å². The SMILES string of the molecule is O=C(CNC(=O)c1c[nH]c2ccccc2c1=O)N[C@@H]1CCN(Cc2ccccc2)C1. The van der Waals surface area contributed by atoms with Crippen molar-refractivity contribution in [2.75, 3.05) is 19.6 Å². The van der Waals surface area contributed by atoms with Crippen molar-refractivity contribution < 1.29 is 9.59 Å². The fourth-order valence-electron chi connectivity index (χ4n) is 3.81. The van der Waals surface area contributed by atoms with E-state index in [-0.39, 0.29) is 29.5 Å². The number of hydrogen-bond acceptors (Lipinski definition) is 4. The summed E-state index contributed by atoms with van der Waals surface area (Å²) in [5, 5.41) is 5.95. The van der Waals surface area contributed by atoms with Gasteiger partial charge in [-0.1, -0.05) is 42.5 Å². The van der Waals surface area contributed by atoms with Gasteiger partial charge in [-0.2, -0.15) is 0 Å². The van der Waals surface area contributed by atoms with E-state index in [1.165, 1.54) is 11.8 Å². The van der Waals surface area contributed by atoms with Crippen LogP contribution in [-0.4, -0.2) is 47.4 Å². The molecule has 1 atom stereocenters. The summed E-state index contributed by atoms with van der Waals surface area (Å²) in [6.07, 6.45) is 2.26. The maximum Gasteiger partial charge on any atom is 0.257 e. The maximum absolute atomic E-state index is 12.5. The van der Waals surface area contributed by atoms with Crippen LogP contribution < -0.4 is 16.1 Å². The minimum absolute atomic E-state index is 0.00333. The largest absolute Gasteiger partial charge is 0.360 e. The summed E-state index contributed by atoms with van der Waals surface area (Å²) in [5.41, 5.74) is 1.56. The van der Waals surface area contributed by atoms with Crippen molar-refractivity contribution in [1.82, 2.24) is 20.5 Å². The van der Waals surface area contributed by atoms with Gasteiger partial charge in [-0.05, 0) is 24.1 Å². The number of benzene rings is 2. The summed E-state index contributed by atoms with van der Waals surface area (Å²) < 4.78 is 0. The highest BCUT2D eigenvalue weighted by Crippen LogP contribution is 2.13. The molecule has 30 heavy (non-hydrogen) atoms. The average molecular weight is 404 g/mol. The number of hydrogen-bond donors (Lipinski definition) is 3. The topological polar surface area (TPSA) is 94.3 Å². The molecule has 0 aliphatic carbocycles. The molecule has 7 nitrogen and oxygen atoms in total. The highest BCUT2D eigenvalue weighted by atomic mass is 16.2. The van der Waals surface area contributed by atoms with Crippen LogP contribution >= 0.6 is 0 Å². The normalized spacial score (nSPS) is 16.5. The molecule has 1 aliphatic rings. The second-order valence-electron chi connectivity index (χ2n) is 7.53. The van der Waals surface area contributed by atoms with Crippen LogP contribution in [0.5, 0.6) is 0 Å². The van der Waals surface area contributed by atoms with E-state index in [0.717, 1.165) is 26.1 Å². The number of nitrogens with zero attached hydrogens (tertiary/aromatic N) is 1. The summed E-state index contributed by atoms with van der Waals surface area (Å²) in [7, 11) is 0. The van der Waals surface area contributed by atoms with Crippen LogP contribution in [0, 0.1) is 0 Å². The molecular formula is C23H24N4O3. The highest BCUT2D eigenvalue weighted by Gasteiger charge is 2.24. The van der Waals surface area contributed by atoms with Crippen LogP contribution in [0.15, 0.2) is 65.6 Å². The van der Waals surface area contributed by atoms with Gasteiger partial charge in [-0.3, -0.25) is 19.3 Å². The molecule has 1 fully saturated rings. The van der Waals surface area contributed by atoms with Crippen LogP contribution in [0.3, 0.4) is 0 Å². The predicted molar refractivity (Wildman–Crippen MR) is 115 cm³/mol. The Hall–Kier alpha value is -3.45. The summed E-state index contributed by atoms with van der Waals surface area (Å²) >= 11 is 0. The van der Waals surface area contributed by atoms with Gasteiger partial charge in [-0.15, -0.1) is 0 Å². The molecule has 1 aromatic heterocycles. The van der Waals surface area contributed by atoms with Gasteiger partial charge in [0.25, 0.3) is 5.91 Å². The molecule has 7 heteroatoms. The van der Waals surface area contributed by atoms with Crippen LogP contribution in [0.2, 0.25) is 0 Å². The molecule has 2 aromatic carbocycles. The predicted octanol–water partition coefficient (Wildman–Crippen LogP) is 1.65. The quantitative estimate of drug-likeness (QED) is 0.582. The molecule has 1 saturated heterocycles. The molecule has 3 N–H and O–H groups in total. The molecule has 3 aromatic rings. The highest BCUT2D eigenvalue weighted by molar-refractivity contribution is 5.98. The lowest BCUT2D eigenvalue weighted by atomic mass is 10.1. The van der Waals surface area contributed by atoms with E-state index < -0.39 is 5.91 Å². The number of nitrogens with one attached hydrogen (secondary N) is 3. The third-order valence-electron chi connectivity index (χ3n) is 5.33. The minimum atomic E-state index is -0.561. The van der Waals surface area contributed by atoms with Gasteiger partial charge in [0.2, 0.25) is 11.3 Å². The van der Waals surface area contributed by atoms with Crippen molar-refractivity contribution >= 4 is 22.7 Å². The molecule has 1 aliphatic heterocycles. The van der Waals surface area contributed by atoms with E-state index in [1.54, 1.807) is 18.2 Å². The summed E-state index contributed by atoms with van der Waals surface area (Å²) in [6.45, 7) is 2.38. The number of H-pyrrole nitrogens is 1. The number of amides is 2. The first kappa shape index (κ1) is 19.8. The van der Waals surface area contributed by atoms with Gasteiger partial charge in [-0.25, -0.2) is 0 Å². The Morgan fingerprint density at radius 1 is 1.07 bits per heavy atom. The Bertz CT molecular complexity index is 1110. The number of fused-ring (bicyclic) bond motifs is 1. The maximum atomic E-state index is 12.5. The van der Waals surface area contributed by atoms with Crippen molar-refractivity contribution in [2.45, 2.75) is 19.0 Å². The molecule has 2 amide bonds. The zero-order valence-corrected chi connectivity index (χ0v) is 16.6. The Labute approximate surface area is 174 Å². The molecule has 0 radical (unpaired) electrons. The third-order valence-corrected chi connectivity index (χ3v) is 5.33. The molecule has 2 heterocycles. The lowest BCUT2D eigenvalue weighted by molar-refractivity contribution is -0.120. The molecule has 0 bridgehead atoms. The van der Waals surface area contributed by atoms with Crippen LogP contribution in [0.1, 0.15) is 22.3 Å². The number of para-hydroxylation sites is 1. The van der Waals surface area contributed by atoms with E-state index in [2.05, 4.69) is 32.7 Å². The first-order chi connectivity index (χ1) is 14.6. The average Bonchev–Trinajstić information content (AvgIpc) is 3.20. The van der Waals surface area contributed by atoms with E-state index >= 15 is 0 Å². The van der Waals surface area contributed by atoms with Crippen molar-refractivity contribution in [3.8, 4) is 0 Å². The monoisotopic (exact) mass is 404 g/mol. The van der Waals surface area contributed by atoms with Crippen molar-refractivity contribution in [2.24, 2.45) is 0 Å².